The van der Waals surface area contributed by atoms with Crippen molar-refractivity contribution < 1.29 is 0 Å². The number of likely N-dealkylation sites (N-methyl/N-ethyl adjacent to an activating group) is 1. The summed E-state index contributed by atoms with van der Waals surface area (Å²) < 4.78 is 1.87. The number of aliphatic imine (C=N–C) groups is 1. The molecule has 22 heavy (non-hydrogen) atoms. The van der Waals surface area contributed by atoms with Crippen LogP contribution < -0.4 is 10.6 Å². The third-order valence-corrected chi connectivity index (χ3v) is 4.89. The van der Waals surface area contributed by atoms with Crippen molar-refractivity contribution in [3.05, 3.63) is 21.9 Å². The molecule has 126 valence electrons. The van der Waals surface area contributed by atoms with Gasteiger partial charge in [-0.1, -0.05) is 23.2 Å². The maximum Gasteiger partial charge on any atom is 0.191 e. The first-order valence-electron chi connectivity index (χ1n) is 7.17. The molecule has 1 atom stereocenters. The first kappa shape index (κ1) is 19.9. The van der Waals surface area contributed by atoms with Crippen LogP contribution in [-0.2, 0) is 13.6 Å². The van der Waals surface area contributed by atoms with Crippen LogP contribution in [0.2, 0.25) is 10.2 Å². The number of nitrogens with one attached hydrogen (secondary N) is 2. The van der Waals surface area contributed by atoms with Crippen molar-refractivity contribution in [2.45, 2.75) is 25.4 Å². The normalized spacial score (nSPS) is 19.1. The molecule has 0 saturated carbocycles. The van der Waals surface area contributed by atoms with E-state index in [-0.39, 0.29) is 24.0 Å². The van der Waals surface area contributed by atoms with Gasteiger partial charge in [0.1, 0.15) is 5.15 Å². The quantitative estimate of drug-likeness (QED) is 0.413. The summed E-state index contributed by atoms with van der Waals surface area (Å²) in [6.07, 6.45) is 2.51. The second kappa shape index (κ2) is 9.20. The molecule has 2 rings (SSSR count). The molecule has 1 unspecified atom stereocenters. The third-order valence-electron chi connectivity index (χ3n) is 4.05. The molecule has 1 aromatic heterocycles. The van der Waals surface area contributed by atoms with Crippen molar-refractivity contribution in [1.82, 2.24) is 20.1 Å². The summed E-state index contributed by atoms with van der Waals surface area (Å²) in [5, 5.41) is 7.80. The van der Waals surface area contributed by atoms with Crippen LogP contribution in [0, 0.1) is 0 Å². The van der Waals surface area contributed by atoms with Gasteiger partial charge >= 0.3 is 0 Å². The molecule has 5 nitrogen and oxygen atoms in total. The zero-order valence-electron chi connectivity index (χ0n) is 13.2. The number of nitrogens with zero attached hydrogens (tertiary/aromatic N) is 3. The predicted octanol–water partition coefficient (Wildman–Crippen LogP) is 2.71. The highest BCUT2D eigenvalue weighted by Crippen LogP contribution is 2.24. The summed E-state index contributed by atoms with van der Waals surface area (Å²) in [5.41, 5.74) is 1.02. The van der Waals surface area contributed by atoms with Crippen molar-refractivity contribution in [1.29, 1.82) is 0 Å². The lowest BCUT2D eigenvalue weighted by Gasteiger charge is -2.21. The van der Waals surface area contributed by atoms with Gasteiger partial charge in [0.25, 0.3) is 0 Å². The van der Waals surface area contributed by atoms with E-state index in [1.165, 1.54) is 19.4 Å². The molecule has 0 radical (unpaired) electrons. The van der Waals surface area contributed by atoms with Gasteiger partial charge < -0.3 is 20.1 Å². The second-order valence-corrected chi connectivity index (χ2v) is 6.18. The number of hydrogen-bond donors (Lipinski definition) is 2. The van der Waals surface area contributed by atoms with Gasteiger partial charge in [0.15, 0.2) is 5.96 Å². The Hall–Kier alpha value is -0.180. The highest BCUT2D eigenvalue weighted by Gasteiger charge is 2.20. The Bertz CT molecular complexity index is 518. The molecule has 2 N–H and O–H groups in total. The van der Waals surface area contributed by atoms with Gasteiger partial charge in [-0.3, -0.25) is 4.99 Å². The first-order chi connectivity index (χ1) is 10.0. The standard InChI is InChI=1S/C14H23Cl2N5.HI/c1-17-14(18-8-10-5-4-6-20(10)2)19-9-11-7-12(15)13(16)21(11)3;/h7,10H,4-6,8-9H2,1-3H3,(H2,17,18,19);1H. The molecule has 0 aromatic carbocycles. The number of rotatable bonds is 4. The lowest BCUT2D eigenvalue weighted by atomic mass is 10.2. The van der Waals surface area contributed by atoms with Crippen molar-refractivity contribution in [2.75, 3.05) is 27.2 Å². The van der Waals surface area contributed by atoms with E-state index in [9.17, 15) is 0 Å². The maximum absolute atomic E-state index is 6.06. The predicted molar refractivity (Wildman–Crippen MR) is 105 cm³/mol. The maximum atomic E-state index is 6.06. The highest BCUT2D eigenvalue weighted by molar-refractivity contribution is 14.0. The Morgan fingerprint density at radius 2 is 2.09 bits per heavy atom. The molecule has 0 aliphatic carbocycles. The summed E-state index contributed by atoms with van der Waals surface area (Å²) in [7, 11) is 5.84. The van der Waals surface area contributed by atoms with E-state index in [4.69, 9.17) is 23.2 Å². The third kappa shape index (κ3) is 4.91. The Morgan fingerprint density at radius 3 is 2.59 bits per heavy atom. The number of likely N-dealkylation sites (tertiary alicyclic amines) is 1. The fourth-order valence-electron chi connectivity index (χ4n) is 2.61. The first-order valence-corrected chi connectivity index (χ1v) is 7.93. The largest absolute Gasteiger partial charge is 0.355 e. The van der Waals surface area contributed by atoms with E-state index in [1.54, 1.807) is 7.05 Å². The Morgan fingerprint density at radius 1 is 1.36 bits per heavy atom. The van der Waals surface area contributed by atoms with Crippen LogP contribution in [0.15, 0.2) is 11.1 Å². The van der Waals surface area contributed by atoms with E-state index < -0.39 is 0 Å². The van der Waals surface area contributed by atoms with Gasteiger partial charge in [-0.2, -0.15) is 0 Å². The van der Waals surface area contributed by atoms with E-state index in [2.05, 4.69) is 27.6 Å². The minimum atomic E-state index is 0. The molecule has 1 saturated heterocycles. The van der Waals surface area contributed by atoms with Crippen molar-refractivity contribution in [2.24, 2.45) is 12.0 Å². The zero-order valence-corrected chi connectivity index (χ0v) is 17.0. The van der Waals surface area contributed by atoms with Gasteiger partial charge in [-0.25, -0.2) is 0 Å². The van der Waals surface area contributed by atoms with Crippen LogP contribution >= 0.6 is 47.2 Å². The zero-order chi connectivity index (χ0) is 15.4. The van der Waals surface area contributed by atoms with Gasteiger partial charge in [0.05, 0.1) is 11.6 Å². The number of hydrogen-bond acceptors (Lipinski definition) is 2. The van der Waals surface area contributed by atoms with Crippen LogP contribution in [0.3, 0.4) is 0 Å². The van der Waals surface area contributed by atoms with Gasteiger partial charge in [0, 0.05) is 32.4 Å². The number of halogens is 3. The monoisotopic (exact) mass is 459 g/mol. The lowest BCUT2D eigenvalue weighted by Crippen LogP contribution is -2.43. The lowest BCUT2D eigenvalue weighted by molar-refractivity contribution is 0.309. The minimum Gasteiger partial charge on any atom is -0.355 e. The fourth-order valence-corrected chi connectivity index (χ4v) is 3.02. The van der Waals surface area contributed by atoms with E-state index in [0.717, 1.165) is 18.2 Å². The molecule has 1 aliphatic rings. The van der Waals surface area contributed by atoms with Crippen LogP contribution in [0.1, 0.15) is 18.5 Å². The fraction of sp³-hybridized carbons (Fsp3) is 0.643. The molecule has 8 heteroatoms. The SMILES string of the molecule is CN=C(NCc1cc(Cl)c(Cl)n1C)NCC1CCCN1C.I. The summed E-state index contributed by atoms with van der Waals surface area (Å²) in [6.45, 7) is 2.71. The Labute approximate surface area is 159 Å². The van der Waals surface area contributed by atoms with E-state index in [1.807, 2.05) is 17.7 Å². The van der Waals surface area contributed by atoms with E-state index >= 15 is 0 Å². The molecule has 2 heterocycles. The van der Waals surface area contributed by atoms with Crippen molar-refractivity contribution in [3.8, 4) is 0 Å². The van der Waals surface area contributed by atoms with E-state index in [0.29, 0.717) is 22.8 Å². The summed E-state index contributed by atoms with van der Waals surface area (Å²) >= 11 is 12.1. The van der Waals surface area contributed by atoms with Gasteiger partial charge in [0.2, 0.25) is 0 Å². The topological polar surface area (TPSA) is 44.6 Å². The number of aromatic nitrogens is 1. The van der Waals surface area contributed by atoms with Crippen LogP contribution in [-0.4, -0.2) is 48.7 Å². The van der Waals surface area contributed by atoms with Crippen molar-refractivity contribution in [3.63, 3.8) is 0 Å². The smallest absolute Gasteiger partial charge is 0.191 e. The summed E-state index contributed by atoms with van der Waals surface area (Å²) in [4.78, 5) is 6.63. The Balaban J connectivity index is 0.00000242. The second-order valence-electron chi connectivity index (χ2n) is 5.42. The highest BCUT2D eigenvalue weighted by atomic mass is 127. The summed E-state index contributed by atoms with van der Waals surface area (Å²) in [5.74, 6) is 0.795. The van der Waals surface area contributed by atoms with Crippen LogP contribution in [0.25, 0.3) is 0 Å². The molecular weight excluding hydrogens is 436 g/mol. The molecule has 0 spiro atoms. The van der Waals surface area contributed by atoms with Gasteiger partial charge in [-0.15, -0.1) is 24.0 Å². The summed E-state index contributed by atoms with van der Waals surface area (Å²) in [6, 6.07) is 2.46. The molecule has 1 fully saturated rings. The molecule has 0 amide bonds. The minimum absolute atomic E-state index is 0. The molecule has 0 bridgehead atoms. The Kier molecular flexibility index (Phi) is 8.31. The van der Waals surface area contributed by atoms with Gasteiger partial charge in [-0.05, 0) is 32.5 Å². The number of guanidine groups is 1. The van der Waals surface area contributed by atoms with Crippen LogP contribution in [0.5, 0.6) is 0 Å². The molecule has 1 aromatic rings. The van der Waals surface area contributed by atoms with Crippen molar-refractivity contribution >= 4 is 53.1 Å². The van der Waals surface area contributed by atoms with Crippen LogP contribution in [0.4, 0.5) is 0 Å². The average Bonchev–Trinajstić information content (AvgIpc) is 2.98. The molecular formula is C14H24Cl2IN5. The average molecular weight is 460 g/mol. The molecule has 1 aliphatic heterocycles.